The summed E-state index contributed by atoms with van der Waals surface area (Å²) < 4.78 is 5.70. The van der Waals surface area contributed by atoms with Gasteiger partial charge in [0.05, 0.1) is 6.61 Å². The van der Waals surface area contributed by atoms with Crippen LogP contribution in [0.2, 0.25) is 0 Å². The van der Waals surface area contributed by atoms with E-state index in [2.05, 4.69) is 17.2 Å². The van der Waals surface area contributed by atoms with Crippen molar-refractivity contribution in [2.24, 2.45) is 5.92 Å². The van der Waals surface area contributed by atoms with E-state index < -0.39 is 0 Å². The number of nitrogens with one attached hydrogen (secondary N) is 1. The molecule has 2 rings (SSSR count). The number of ether oxygens (including phenoxy) is 1. The highest BCUT2D eigenvalue weighted by Gasteiger charge is 2.13. The van der Waals surface area contributed by atoms with Crippen LogP contribution in [0.5, 0.6) is 5.75 Å². The zero-order valence-electron chi connectivity index (χ0n) is 12.0. The van der Waals surface area contributed by atoms with E-state index >= 15 is 0 Å². The zero-order chi connectivity index (χ0) is 13.3. The van der Waals surface area contributed by atoms with Crippen LogP contribution < -0.4 is 10.1 Å². The van der Waals surface area contributed by atoms with Crippen LogP contribution in [0.3, 0.4) is 0 Å². The third-order valence-electron chi connectivity index (χ3n) is 3.80. The number of hydrogen-bond acceptors (Lipinski definition) is 3. The average Bonchev–Trinajstić information content (AvgIpc) is 2.47. The minimum atomic E-state index is 0.753. The molecule has 0 amide bonds. The molecular formula is C16H26N2O. The molecule has 0 saturated heterocycles. The summed E-state index contributed by atoms with van der Waals surface area (Å²) in [6, 6.07) is 3.92. The van der Waals surface area contributed by atoms with Gasteiger partial charge in [0.1, 0.15) is 0 Å². The largest absolute Gasteiger partial charge is 0.490 e. The Hall–Kier alpha value is -1.25. The van der Waals surface area contributed by atoms with Crippen LogP contribution in [0.4, 0.5) is 5.82 Å². The van der Waals surface area contributed by atoms with Crippen molar-refractivity contribution in [3.63, 3.8) is 0 Å². The quantitative estimate of drug-likeness (QED) is 0.797. The molecule has 3 nitrogen and oxygen atoms in total. The number of aromatic nitrogens is 1. The zero-order valence-corrected chi connectivity index (χ0v) is 12.0. The Bertz CT molecular complexity index is 362. The molecule has 0 spiro atoms. The number of rotatable bonds is 7. The van der Waals surface area contributed by atoms with Crippen molar-refractivity contribution in [2.75, 3.05) is 18.5 Å². The Labute approximate surface area is 116 Å². The molecular weight excluding hydrogens is 236 g/mol. The second-order valence-corrected chi connectivity index (χ2v) is 5.42. The van der Waals surface area contributed by atoms with E-state index in [-0.39, 0.29) is 0 Å². The molecule has 1 fully saturated rings. The Morgan fingerprint density at radius 3 is 2.95 bits per heavy atom. The summed E-state index contributed by atoms with van der Waals surface area (Å²) in [5, 5.41) is 3.43. The maximum absolute atomic E-state index is 5.70. The summed E-state index contributed by atoms with van der Waals surface area (Å²) >= 11 is 0. The predicted molar refractivity (Wildman–Crippen MR) is 79.7 cm³/mol. The standard InChI is InChI=1S/C16H26N2O/c1-2-13-19-15-9-6-11-17-16(15)18-12-10-14-7-4-3-5-8-14/h6,9,11,14H,2-5,7-8,10,12-13H2,1H3,(H,17,18). The van der Waals surface area contributed by atoms with Gasteiger partial charge < -0.3 is 10.1 Å². The number of pyridine rings is 1. The molecule has 0 aromatic carbocycles. The number of hydrogen-bond donors (Lipinski definition) is 1. The predicted octanol–water partition coefficient (Wildman–Crippen LogP) is 4.25. The van der Waals surface area contributed by atoms with Crippen LogP contribution in [-0.2, 0) is 0 Å². The Kier molecular flexibility index (Phi) is 5.99. The summed E-state index contributed by atoms with van der Waals surface area (Å²) in [5.41, 5.74) is 0. The van der Waals surface area contributed by atoms with E-state index in [9.17, 15) is 0 Å². The van der Waals surface area contributed by atoms with E-state index in [1.165, 1.54) is 38.5 Å². The lowest BCUT2D eigenvalue weighted by atomic mass is 9.87. The first-order valence-electron chi connectivity index (χ1n) is 7.72. The van der Waals surface area contributed by atoms with Gasteiger partial charge in [0, 0.05) is 12.7 Å². The van der Waals surface area contributed by atoms with Gasteiger partial charge in [-0.2, -0.15) is 0 Å². The normalized spacial score (nSPS) is 16.3. The van der Waals surface area contributed by atoms with Crippen molar-refractivity contribution < 1.29 is 4.74 Å². The van der Waals surface area contributed by atoms with E-state index in [0.717, 1.165) is 37.1 Å². The topological polar surface area (TPSA) is 34.1 Å². The number of nitrogens with zero attached hydrogens (tertiary/aromatic N) is 1. The molecule has 1 N–H and O–H groups in total. The molecule has 1 saturated carbocycles. The highest BCUT2D eigenvalue weighted by atomic mass is 16.5. The van der Waals surface area contributed by atoms with E-state index in [4.69, 9.17) is 4.74 Å². The third-order valence-corrected chi connectivity index (χ3v) is 3.80. The minimum Gasteiger partial charge on any atom is -0.490 e. The summed E-state index contributed by atoms with van der Waals surface area (Å²) in [4.78, 5) is 4.38. The van der Waals surface area contributed by atoms with Crippen LogP contribution in [0, 0.1) is 5.92 Å². The maximum atomic E-state index is 5.70. The molecule has 0 unspecified atom stereocenters. The fourth-order valence-corrected chi connectivity index (χ4v) is 2.72. The molecule has 1 aliphatic rings. The van der Waals surface area contributed by atoms with E-state index in [1.54, 1.807) is 0 Å². The van der Waals surface area contributed by atoms with Gasteiger partial charge in [0.25, 0.3) is 0 Å². The average molecular weight is 262 g/mol. The van der Waals surface area contributed by atoms with Gasteiger partial charge in [-0.3, -0.25) is 0 Å². The lowest BCUT2D eigenvalue weighted by Crippen LogP contribution is -2.13. The molecule has 1 aromatic heterocycles. The fourth-order valence-electron chi connectivity index (χ4n) is 2.72. The third kappa shape index (κ3) is 4.73. The van der Waals surface area contributed by atoms with Gasteiger partial charge in [-0.15, -0.1) is 0 Å². The van der Waals surface area contributed by atoms with Crippen LogP contribution in [0.25, 0.3) is 0 Å². The summed E-state index contributed by atoms with van der Waals surface area (Å²) in [5.74, 6) is 2.68. The number of anilines is 1. The Morgan fingerprint density at radius 2 is 2.16 bits per heavy atom. The van der Waals surface area contributed by atoms with Crippen molar-refractivity contribution in [2.45, 2.75) is 51.9 Å². The van der Waals surface area contributed by atoms with Crippen molar-refractivity contribution in [3.05, 3.63) is 18.3 Å². The molecule has 1 aromatic rings. The molecule has 106 valence electrons. The molecule has 0 aliphatic heterocycles. The summed E-state index contributed by atoms with van der Waals surface area (Å²) in [7, 11) is 0. The lowest BCUT2D eigenvalue weighted by molar-refractivity contribution is 0.317. The van der Waals surface area contributed by atoms with E-state index in [1.807, 2.05) is 18.3 Å². The SMILES string of the molecule is CCCOc1cccnc1NCCC1CCCCC1. The molecule has 1 aliphatic carbocycles. The molecule has 19 heavy (non-hydrogen) atoms. The van der Waals surface area contributed by atoms with Gasteiger partial charge in [-0.05, 0) is 30.9 Å². The fraction of sp³-hybridized carbons (Fsp3) is 0.688. The second-order valence-electron chi connectivity index (χ2n) is 5.42. The van der Waals surface area contributed by atoms with Gasteiger partial charge in [0.2, 0.25) is 0 Å². The van der Waals surface area contributed by atoms with Crippen molar-refractivity contribution in [3.8, 4) is 5.75 Å². The molecule has 3 heteroatoms. The molecule has 1 heterocycles. The van der Waals surface area contributed by atoms with Gasteiger partial charge in [-0.1, -0.05) is 39.0 Å². The van der Waals surface area contributed by atoms with E-state index in [0.29, 0.717) is 0 Å². The van der Waals surface area contributed by atoms with Crippen molar-refractivity contribution >= 4 is 5.82 Å². The maximum Gasteiger partial charge on any atom is 0.168 e. The van der Waals surface area contributed by atoms with Crippen LogP contribution in [-0.4, -0.2) is 18.1 Å². The Morgan fingerprint density at radius 1 is 1.32 bits per heavy atom. The van der Waals surface area contributed by atoms with Crippen molar-refractivity contribution in [1.29, 1.82) is 0 Å². The second kappa shape index (κ2) is 8.03. The van der Waals surface area contributed by atoms with Gasteiger partial charge >= 0.3 is 0 Å². The lowest BCUT2D eigenvalue weighted by Gasteiger charge is -2.21. The van der Waals surface area contributed by atoms with Gasteiger partial charge in [0.15, 0.2) is 11.6 Å². The van der Waals surface area contributed by atoms with Gasteiger partial charge in [-0.25, -0.2) is 4.98 Å². The molecule has 0 bridgehead atoms. The summed E-state index contributed by atoms with van der Waals surface area (Å²) in [6.45, 7) is 3.87. The molecule has 0 atom stereocenters. The highest BCUT2D eigenvalue weighted by Crippen LogP contribution is 2.27. The monoisotopic (exact) mass is 262 g/mol. The van der Waals surface area contributed by atoms with Crippen molar-refractivity contribution in [1.82, 2.24) is 4.98 Å². The highest BCUT2D eigenvalue weighted by molar-refractivity contribution is 5.49. The summed E-state index contributed by atoms with van der Waals surface area (Å²) in [6.07, 6.45) is 11.2. The van der Waals surface area contributed by atoms with Crippen LogP contribution >= 0.6 is 0 Å². The smallest absolute Gasteiger partial charge is 0.168 e. The first-order valence-corrected chi connectivity index (χ1v) is 7.72. The molecule has 0 radical (unpaired) electrons. The Balaban J connectivity index is 1.77. The van der Waals surface area contributed by atoms with Crippen LogP contribution in [0.15, 0.2) is 18.3 Å². The first-order chi connectivity index (χ1) is 9.40. The minimum absolute atomic E-state index is 0.753. The first kappa shape index (κ1) is 14.2. The van der Waals surface area contributed by atoms with Crippen LogP contribution in [0.1, 0.15) is 51.9 Å².